The number of carbonyl (C=O) groups is 3. The highest BCUT2D eigenvalue weighted by Gasteiger charge is 2.42. The molecule has 0 aliphatic carbocycles. The molecule has 39 heavy (non-hydrogen) atoms. The van der Waals surface area contributed by atoms with Crippen LogP contribution in [0.25, 0.3) is 0 Å². The summed E-state index contributed by atoms with van der Waals surface area (Å²) in [6.45, 7) is 11.4. The third kappa shape index (κ3) is 7.43. The fourth-order valence-electron chi connectivity index (χ4n) is 4.84. The van der Waals surface area contributed by atoms with Crippen LogP contribution in [-0.4, -0.2) is 84.1 Å². The van der Waals surface area contributed by atoms with E-state index in [0.717, 1.165) is 6.07 Å². The minimum Gasteiger partial charge on any atom is -0.463 e. The second kappa shape index (κ2) is 12.3. The first-order chi connectivity index (χ1) is 18.3. The molecule has 2 N–H and O–H groups in total. The van der Waals surface area contributed by atoms with Crippen molar-refractivity contribution in [3.05, 3.63) is 46.7 Å². The van der Waals surface area contributed by atoms with Crippen LogP contribution in [0.15, 0.2) is 35.5 Å². The minimum atomic E-state index is -4.69. The molecule has 2 aliphatic rings. The van der Waals surface area contributed by atoms with E-state index in [-0.39, 0.29) is 42.4 Å². The molecule has 1 aromatic carbocycles. The Balaban J connectivity index is 2.01. The summed E-state index contributed by atoms with van der Waals surface area (Å²) in [6.07, 6.45) is -4.04. The number of nitrogens with zero attached hydrogens (tertiary/aromatic N) is 3. The number of benzene rings is 1. The van der Waals surface area contributed by atoms with Gasteiger partial charge in [0.1, 0.15) is 0 Å². The van der Waals surface area contributed by atoms with E-state index in [1.165, 1.54) is 23.1 Å². The molecule has 0 aromatic heterocycles. The van der Waals surface area contributed by atoms with Gasteiger partial charge in [-0.05, 0) is 52.7 Å². The second-order valence-corrected chi connectivity index (χ2v) is 10.6. The average Bonchev–Trinajstić information content (AvgIpc) is 3.08. The molecular formula is C27H38F3N5O4. The number of likely N-dealkylation sites (N-methyl/N-ethyl adjacent to an activating group) is 1. The van der Waals surface area contributed by atoms with Crippen LogP contribution in [0, 0.1) is 0 Å². The highest BCUT2D eigenvalue weighted by atomic mass is 19.4. The van der Waals surface area contributed by atoms with Crippen molar-refractivity contribution < 1.29 is 32.3 Å². The van der Waals surface area contributed by atoms with Crippen LogP contribution in [-0.2, 0) is 15.7 Å². The Bertz CT molecular complexity index is 1100. The lowest BCUT2D eigenvalue weighted by molar-refractivity contribution is -0.141. The van der Waals surface area contributed by atoms with E-state index in [2.05, 4.69) is 10.6 Å². The number of amides is 4. The van der Waals surface area contributed by atoms with E-state index < -0.39 is 29.8 Å². The molecule has 0 bridgehead atoms. The molecule has 1 fully saturated rings. The van der Waals surface area contributed by atoms with Crippen LogP contribution in [0.4, 0.5) is 22.8 Å². The molecule has 0 saturated carbocycles. The molecule has 216 valence electrons. The van der Waals surface area contributed by atoms with Gasteiger partial charge in [-0.3, -0.25) is 9.80 Å². The Kier molecular flexibility index (Phi) is 9.52. The number of carbonyl (C=O) groups excluding carboxylic acids is 3. The van der Waals surface area contributed by atoms with E-state index in [4.69, 9.17) is 4.74 Å². The van der Waals surface area contributed by atoms with Crippen LogP contribution >= 0.6 is 0 Å². The van der Waals surface area contributed by atoms with Crippen molar-refractivity contribution in [2.45, 2.75) is 58.8 Å². The summed E-state index contributed by atoms with van der Waals surface area (Å²) in [5.74, 6) is -0.783. The smallest absolute Gasteiger partial charge is 0.416 e. The van der Waals surface area contributed by atoms with Crippen molar-refractivity contribution in [1.82, 2.24) is 25.3 Å². The standard InChI is InChI=1S/C27H38F3N5O4/c1-6-35-20(17-33-13-10-14-34(16-15-33)25(38)32-26(3,4)5)21(23(36)39-7-2)22(31-24(35)37)18-11-8-9-12-19(18)27(28,29)30/h8-9,11-12,22H,6-7,10,13-17H2,1-5H3,(H,31,37)(H,32,38)/t22-/m1/s1. The molecule has 1 atom stereocenters. The lowest BCUT2D eigenvalue weighted by Gasteiger charge is -2.38. The quantitative estimate of drug-likeness (QED) is 0.517. The summed E-state index contributed by atoms with van der Waals surface area (Å²) in [5, 5.41) is 5.56. The van der Waals surface area contributed by atoms with E-state index in [1.54, 1.807) is 18.7 Å². The van der Waals surface area contributed by atoms with Gasteiger partial charge in [-0.25, -0.2) is 14.4 Å². The fraction of sp³-hybridized carbons (Fsp3) is 0.593. The molecule has 2 heterocycles. The van der Waals surface area contributed by atoms with Gasteiger partial charge in [-0.2, -0.15) is 13.2 Å². The summed E-state index contributed by atoms with van der Waals surface area (Å²) < 4.78 is 47.1. The van der Waals surface area contributed by atoms with Gasteiger partial charge in [0.15, 0.2) is 0 Å². The van der Waals surface area contributed by atoms with Crippen LogP contribution in [0.5, 0.6) is 0 Å². The van der Waals surface area contributed by atoms with Crippen molar-refractivity contribution in [2.24, 2.45) is 0 Å². The van der Waals surface area contributed by atoms with Gasteiger partial charge < -0.3 is 20.3 Å². The average molecular weight is 554 g/mol. The maximum atomic E-state index is 13.9. The van der Waals surface area contributed by atoms with E-state index in [0.29, 0.717) is 38.3 Å². The predicted octanol–water partition coefficient (Wildman–Crippen LogP) is 4.12. The van der Waals surface area contributed by atoms with Gasteiger partial charge in [0, 0.05) is 50.5 Å². The highest BCUT2D eigenvalue weighted by Crippen LogP contribution is 2.39. The van der Waals surface area contributed by atoms with Gasteiger partial charge in [0.25, 0.3) is 0 Å². The molecule has 1 saturated heterocycles. The zero-order valence-corrected chi connectivity index (χ0v) is 23.2. The number of rotatable bonds is 6. The van der Waals surface area contributed by atoms with E-state index in [1.807, 2.05) is 25.7 Å². The minimum absolute atomic E-state index is 0.0187. The first kappa shape index (κ1) is 30.3. The number of hydrogen-bond acceptors (Lipinski definition) is 5. The molecule has 12 heteroatoms. The monoisotopic (exact) mass is 553 g/mol. The fourth-order valence-corrected chi connectivity index (χ4v) is 4.84. The summed E-state index contributed by atoms with van der Waals surface area (Å²) in [6, 6.07) is 2.80. The maximum Gasteiger partial charge on any atom is 0.416 e. The van der Waals surface area contributed by atoms with E-state index >= 15 is 0 Å². The molecular weight excluding hydrogens is 515 g/mol. The van der Waals surface area contributed by atoms with Crippen LogP contribution < -0.4 is 10.6 Å². The molecule has 2 aliphatic heterocycles. The topological polar surface area (TPSA) is 94.2 Å². The molecule has 0 unspecified atom stereocenters. The van der Waals surface area contributed by atoms with Crippen LogP contribution in [0.2, 0.25) is 0 Å². The summed E-state index contributed by atoms with van der Waals surface area (Å²) in [4.78, 5) is 44.2. The first-order valence-electron chi connectivity index (χ1n) is 13.2. The lowest BCUT2D eigenvalue weighted by Crippen LogP contribution is -2.51. The number of esters is 1. The van der Waals surface area contributed by atoms with Gasteiger partial charge in [-0.1, -0.05) is 18.2 Å². The predicted molar refractivity (Wildman–Crippen MR) is 140 cm³/mol. The van der Waals surface area contributed by atoms with Gasteiger partial charge >= 0.3 is 24.2 Å². The lowest BCUT2D eigenvalue weighted by atomic mass is 9.90. The van der Waals surface area contributed by atoms with E-state index in [9.17, 15) is 27.6 Å². The Morgan fingerprint density at radius 3 is 2.38 bits per heavy atom. The zero-order valence-electron chi connectivity index (χ0n) is 23.2. The summed E-state index contributed by atoms with van der Waals surface area (Å²) in [7, 11) is 0. The number of ether oxygens (including phenoxy) is 1. The number of nitrogens with one attached hydrogen (secondary N) is 2. The molecule has 0 radical (unpaired) electrons. The van der Waals surface area contributed by atoms with Crippen LogP contribution in [0.1, 0.15) is 58.2 Å². The maximum absolute atomic E-state index is 13.9. The number of hydrogen-bond donors (Lipinski definition) is 2. The third-order valence-corrected chi connectivity index (χ3v) is 6.56. The van der Waals surface area contributed by atoms with Crippen molar-refractivity contribution in [3.8, 4) is 0 Å². The summed E-state index contributed by atoms with van der Waals surface area (Å²) in [5.41, 5.74) is -1.27. The number of halogens is 3. The first-order valence-corrected chi connectivity index (χ1v) is 13.2. The zero-order chi connectivity index (χ0) is 29.0. The Morgan fingerprint density at radius 2 is 1.77 bits per heavy atom. The van der Waals surface area contributed by atoms with Crippen molar-refractivity contribution in [2.75, 3.05) is 45.9 Å². The van der Waals surface area contributed by atoms with Crippen LogP contribution in [0.3, 0.4) is 0 Å². The molecule has 4 amide bonds. The highest BCUT2D eigenvalue weighted by molar-refractivity contribution is 5.95. The number of urea groups is 2. The molecule has 9 nitrogen and oxygen atoms in total. The SMILES string of the molecule is CCOC(=O)C1=C(CN2CCCN(C(=O)NC(C)(C)C)CC2)N(CC)C(=O)N[C@@H]1c1ccccc1C(F)(F)F. The largest absolute Gasteiger partial charge is 0.463 e. The molecule has 0 spiro atoms. The van der Waals surface area contributed by atoms with Crippen molar-refractivity contribution in [3.63, 3.8) is 0 Å². The van der Waals surface area contributed by atoms with Gasteiger partial charge in [0.05, 0.1) is 23.8 Å². The van der Waals surface area contributed by atoms with Crippen molar-refractivity contribution >= 4 is 18.0 Å². The Hall–Kier alpha value is -3.28. The second-order valence-electron chi connectivity index (χ2n) is 10.6. The van der Waals surface area contributed by atoms with Gasteiger partial charge in [-0.15, -0.1) is 0 Å². The normalized spacial score (nSPS) is 19.5. The number of alkyl halides is 3. The summed E-state index contributed by atoms with van der Waals surface area (Å²) >= 11 is 0. The molecule has 1 aromatic rings. The Labute approximate surface area is 227 Å². The Morgan fingerprint density at radius 1 is 1.08 bits per heavy atom. The van der Waals surface area contributed by atoms with Gasteiger partial charge in [0.2, 0.25) is 0 Å². The van der Waals surface area contributed by atoms with Crippen molar-refractivity contribution in [1.29, 1.82) is 0 Å². The third-order valence-electron chi connectivity index (χ3n) is 6.56. The molecule has 3 rings (SSSR count).